The van der Waals surface area contributed by atoms with Gasteiger partial charge in [-0.2, -0.15) is 5.10 Å². The number of rotatable bonds is 1. The highest BCUT2D eigenvalue weighted by Gasteiger charge is 2.12. The Kier molecular flexibility index (Phi) is 2.26. The minimum Gasteiger partial charge on any atom is -0.234 e. The van der Waals surface area contributed by atoms with Gasteiger partial charge in [-0.05, 0) is 31.5 Å². The Hall–Kier alpha value is -1.71. The zero-order valence-corrected chi connectivity index (χ0v) is 8.46. The molecule has 0 aliphatic carbocycles. The molecule has 0 spiro atoms. The highest BCUT2D eigenvalue weighted by molar-refractivity contribution is 5.35. The maximum Gasteiger partial charge on any atom is 0.151 e. The van der Waals surface area contributed by atoms with Gasteiger partial charge in [-0.1, -0.05) is 6.07 Å². The Morgan fingerprint density at radius 2 is 1.73 bits per heavy atom. The fraction of sp³-hybridized carbons (Fsp3) is 0.182. The second-order valence-corrected chi connectivity index (χ2v) is 3.41. The first-order valence-corrected chi connectivity index (χ1v) is 4.57. The standard InChI is InChI=1S/C11H10F2N2/c1-7-6-15(14-8(7)2)11-9(12)4-3-5-10(11)13/h3-6H,1-2H3. The first kappa shape index (κ1) is 9.83. The fourth-order valence-electron chi connectivity index (χ4n) is 1.37. The Labute approximate surface area is 86.2 Å². The smallest absolute Gasteiger partial charge is 0.151 e. The van der Waals surface area contributed by atoms with Crippen molar-refractivity contribution in [2.75, 3.05) is 0 Å². The lowest BCUT2D eigenvalue weighted by molar-refractivity contribution is 0.559. The van der Waals surface area contributed by atoms with Crippen molar-refractivity contribution in [3.63, 3.8) is 0 Å². The second kappa shape index (κ2) is 3.46. The average Bonchev–Trinajstić information content (AvgIpc) is 2.46. The van der Waals surface area contributed by atoms with Gasteiger partial charge >= 0.3 is 0 Å². The molecule has 1 aromatic carbocycles. The van der Waals surface area contributed by atoms with E-state index in [2.05, 4.69) is 5.10 Å². The lowest BCUT2D eigenvalue weighted by atomic mass is 10.3. The van der Waals surface area contributed by atoms with Gasteiger partial charge in [-0.3, -0.25) is 0 Å². The second-order valence-electron chi connectivity index (χ2n) is 3.41. The molecule has 0 aliphatic rings. The number of aryl methyl sites for hydroxylation is 2. The molecule has 0 N–H and O–H groups in total. The summed E-state index contributed by atoms with van der Waals surface area (Å²) in [6, 6.07) is 3.76. The summed E-state index contributed by atoms with van der Waals surface area (Å²) in [7, 11) is 0. The van der Waals surface area contributed by atoms with E-state index in [9.17, 15) is 8.78 Å². The van der Waals surface area contributed by atoms with Crippen LogP contribution in [0.1, 0.15) is 11.3 Å². The van der Waals surface area contributed by atoms with Gasteiger partial charge in [0.15, 0.2) is 11.6 Å². The molecule has 0 saturated carbocycles. The molecule has 1 heterocycles. The largest absolute Gasteiger partial charge is 0.234 e. The summed E-state index contributed by atoms with van der Waals surface area (Å²) in [6.07, 6.45) is 1.61. The van der Waals surface area contributed by atoms with Crippen LogP contribution < -0.4 is 0 Å². The van der Waals surface area contributed by atoms with Crippen molar-refractivity contribution in [2.45, 2.75) is 13.8 Å². The third-order valence-electron chi connectivity index (χ3n) is 2.31. The van der Waals surface area contributed by atoms with Gasteiger partial charge in [0, 0.05) is 6.20 Å². The first-order chi connectivity index (χ1) is 7.09. The van der Waals surface area contributed by atoms with Crippen molar-refractivity contribution in [3.8, 4) is 5.69 Å². The molecule has 15 heavy (non-hydrogen) atoms. The Bertz CT molecular complexity index is 464. The topological polar surface area (TPSA) is 17.8 Å². The number of aromatic nitrogens is 2. The van der Waals surface area contributed by atoms with E-state index in [1.54, 1.807) is 13.1 Å². The summed E-state index contributed by atoms with van der Waals surface area (Å²) < 4.78 is 28.0. The maximum atomic E-state index is 13.4. The number of hydrogen-bond donors (Lipinski definition) is 0. The summed E-state index contributed by atoms with van der Waals surface area (Å²) in [5.74, 6) is -1.23. The molecule has 0 saturated heterocycles. The zero-order valence-electron chi connectivity index (χ0n) is 8.46. The Morgan fingerprint density at radius 1 is 1.13 bits per heavy atom. The average molecular weight is 208 g/mol. The van der Waals surface area contributed by atoms with Crippen LogP contribution in [0, 0.1) is 25.5 Å². The van der Waals surface area contributed by atoms with Crippen molar-refractivity contribution in [1.82, 2.24) is 9.78 Å². The molecule has 0 atom stereocenters. The molecule has 0 radical (unpaired) electrons. The van der Waals surface area contributed by atoms with Crippen LogP contribution in [-0.2, 0) is 0 Å². The van der Waals surface area contributed by atoms with E-state index in [4.69, 9.17) is 0 Å². The molecule has 0 aliphatic heterocycles. The third-order valence-corrected chi connectivity index (χ3v) is 2.31. The van der Waals surface area contributed by atoms with Crippen LogP contribution in [0.2, 0.25) is 0 Å². The van der Waals surface area contributed by atoms with E-state index in [0.717, 1.165) is 11.3 Å². The summed E-state index contributed by atoms with van der Waals surface area (Å²) in [6.45, 7) is 3.64. The number of para-hydroxylation sites is 1. The molecule has 78 valence electrons. The van der Waals surface area contributed by atoms with E-state index in [-0.39, 0.29) is 5.69 Å². The number of halogens is 2. The molecule has 0 fully saturated rings. The zero-order chi connectivity index (χ0) is 11.0. The van der Waals surface area contributed by atoms with Crippen LogP contribution in [-0.4, -0.2) is 9.78 Å². The van der Waals surface area contributed by atoms with E-state index < -0.39 is 11.6 Å². The van der Waals surface area contributed by atoms with Gasteiger partial charge in [0.1, 0.15) is 5.69 Å². The predicted molar refractivity (Wildman–Crippen MR) is 53.0 cm³/mol. The highest BCUT2D eigenvalue weighted by atomic mass is 19.1. The molecule has 1 aromatic heterocycles. The van der Waals surface area contributed by atoms with Gasteiger partial charge in [-0.25, -0.2) is 13.5 Å². The summed E-state index contributed by atoms with van der Waals surface area (Å²) in [5.41, 5.74) is 1.53. The molecular weight excluding hydrogens is 198 g/mol. The highest BCUT2D eigenvalue weighted by Crippen LogP contribution is 2.18. The van der Waals surface area contributed by atoms with Gasteiger partial charge in [-0.15, -0.1) is 0 Å². The van der Waals surface area contributed by atoms with Gasteiger partial charge in [0.25, 0.3) is 0 Å². The summed E-state index contributed by atoms with van der Waals surface area (Å²) in [4.78, 5) is 0. The SMILES string of the molecule is Cc1cn(-c2c(F)cccc2F)nc1C. The van der Waals surface area contributed by atoms with E-state index >= 15 is 0 Å². The monoisotopic (exact) mass is 208 g/mol. The van der Waals surface area contributed by atoms with Crippen LogP contribution in [0.3, 0.4) is 0 Å². The van der Waals surface area contributed by atoms with Crippen molar-refractivity contribution < 1.29 is 8.78 Å². The molecule has 2 aromatic rings. The number of hydrogen-bond acceptors (Lipinski definition) is 1. The van der Waals surface area contributed by atoms with Crippen LogP contribution in [0.15, 0.2) is 24.4 Å². The molecule has 2 nitrogen and oxygen atoms in total. The first-order valence-electron chi connectivity index (χ1n) is 4.57. The lowest BCUT2D eigenvalue weighted by Crippen LogP contribution is -2.01. The van der Waals surface area contributed by atoms with Crippen molar-refractivity contribution in [3.05, 3.63) is 47.3 Å². The van der Waals surface area contributed by atoms with E-state index in [0.29, 0.717) is 0 Å². The predicted octanol–water partition coefficient (Wildman–Crippen LogP) is 2.77. The van der Waals surface area contributed by atoms with Crippen LogP contribution in [0.4, 0.5) is 8.78 Å². The van der Waals surface area contributed by atoms with Crippen molar-refractivity contribution in [1.29, 1.82) is 0 Å². The van der Waals surface area contributed by atoms with Crippen LogP contribution >= 0.6 is 0 Å². The molecule has 2 rings (SSSR count). The lowest BCUT2D eigenvalue weighted by Gasteiger charge is -2.03. The Balaban J connectivity index is 2.63. The van der Waals surface area contributed by atoms with Gasteiger partial charge in [0.05, 0.1) is 5.69 Å². The normalized spacial score (nSPS) is 10.7. The van der Waals surface area contributed by atoms with Gasteiger partial charge < -0.3 is 0 Å². The molecular formula is C11H10F2N2. The fourth-order valence-corrected chi connectivity index (χ4v) is 1.37. The minimum absolute atomic E-state index is 0.131. The van der Waals surface area contributed by atoms with Crippen molar-refractivity contribution in [2.24, 2.45) is 0 Å². The Morgan fingerprint density at radius 3 is 2.20 bits per heavy atom. The molecule has 0 amide bonds. The molecule has 4 heteroatoms. The quantitative estimate of drug-likeness (QED) is 0.704. The van der Waals surface area contributed by atoms with Crippen molar-refractivity contribution >= 4 is 0 Å². The number of benzene rings is 1. The van der Waals surface area contributed by atoms with E-state index in [1.807, 2.05) is 6.92 Å². The maximum absolute atomic E-state index is 13.4. The van der Waals surface area contributed by atoms with Gasteiger partial charge in [0.2, 0.25) is 0 Å². The van der Waals surface area contributed by atoms with Crippen LogP contribution in [0.5, 0.6) is 0 Å². The molecule has 0 unspecified atom stereocenters. The summed E-state index contributed by atoms with van der Waals surface area (Å²) in [5, 5.41) is 4.04. The van der Waals surface area contributed by atoms with Crippen LogP contribution in [0.25, 0.3) is 5.69 Å². The third kappa shape index (κ3) is 1.63. The minimum atomic E-state index is -0.613. The summed E-state index contributed by atoms with van der Waals surface area (Å²) >= 11 is 0. The number of nitrogens with zero attached hydrogens (tertiary/aromatic N) is 2. The van der Waals surface area contributed by atoms with E-state index in [1.165, 1.54) is 22.9 Å². The molecule has 0 bridgehead atoms.